The minimum absolute atomic E-state index is 0.0931. The van der Waals surface area contributed by atoms with Crippen molar-refractivity contribution in [1.82, 2.24) is 9.97 Å². The van der Waals surface area contributed by atoms with E-state index in [0.29, 0.717) is 29.2 Å². The summed E-state index contributed by atoms with van der Waals surface area (Å²) in [5, 5.41) is 15.4. The van der Waals surface area contributed by atoms with Crippen LogP contribution < -0.4 is 21.1 Å². The summed E-state index contributed by atoms with van der Waals surface area (Å²) in [7, 11) is 0. The third-order valence-corrected chi connectivity index (χ3v) is 4.27. The maximum absolute atomic E-state index is 12.6. The van der Waals surface area contributed by atoms with Crippen molar-refractivity contribution in [3.8, 4) is 18.2 Å². The van der Waals surface area contributed by atoms with Gasteiger partial charge in [0.1, 0.15) is 0 Å². The molecule has 0 aliphatic rings. The van der Waals surface area contributed by atoms with Crippen LogP contribution in [0, 0.1) is 12.3 Å². The molecule has 8 nitrogen and oxygen atoms in total. The summed E-state index contributed by atoms with van der Waals surface area (Å²) in [5.74, 6) is 2.65. The van der Waals surface area contributed by atoms with E-state index in [4.69, 9.17) is 16.9 Å². The van der Waals surface area contributed by atoms with E-state index in [1.54, 1.807) is 24.3 Å². The van der Waals surface area contributed by atoms with Crippen molar-refractivity contribution < 1.29 is 14.6 Å². The highest BCUT2D eigenvalue weighted by Gasteiger charge is 2.15. The van der Waals surface area contributed by atoms with Gasteiger partial charge in [-0.25, -0.2) is 4.98 Å². The van der Waals surface area contributed by atoms with Crippen LogP contribution in [-0.4, -0.2) is 33.6 Å². The van der Waals surface area contributed by atoms with Crippen molar-refractivity contribution in [1.29, 1.82) is 0 Å². The Labute approximate surface area is 180 Å². The Morgan fingerprint density at radius 3 is 2.68 bits per heavy atom. The number of hydrogen-bond acceptors (Lipinski definition) is 7. The number of ether oxygens (including phenoxy) is 1. The van der Waals surface area contributed by atoms with E-state index in [0.717, 1.165) is 5.56 Å². The zero-order valence-electron chi connectivity index (χ0n) is 16.8. The molecule has 8 heteroatoms. The van der Waals surface area contributed by atoms with E-state index in [1.807, 2.05) is 30.3 Å². The Kier molecular flexibility index (Phi) is 7.54. The van der Waals surface area contributed by atoms with Gasteiger partial charge in [-0.15, -0.1) is 6.42 Å². The quantitative estimate of drug-likeness (QED) is 0.394. The SMILES string of the molecule is C#CCOc1ccnc(Nc2cc(CO)cc(NC(=O)[C@H](N)Cc3ccccc3)c2)n1. The lowest BCUT2D eigenvalue weighted by Gasteiger charge is -2.15. The maximum Gasteiger partial charge on any atom is 0.241 e. The first-order valence-electron chi connectivity index (χ1n) is 9.59. The summed E-state index contributed by atoms with van der Waals surface area (Å²) in [5.41, 5.74) is 8.69. The summed E-state index contributed by atoms with van der Waals surface area (Å²) in [6, 6.07) is 15.5. The molecule has 158 valence electrons. The Morgan fingerprint density at radius 2 is 1.94 bits per heavy atom. The van der Waals surface area contributed by atoms with E-state index < -0.39 is 6.04 Å². The zero-order valence-corrected chi connectivity index (χ0v) is 16.8. The van der Waals surface area contributed by atoms with Crippen molar-refractivity contribution in [2.24, 2.45) is 5.73 Å². The minimum atomic E-state index is -0.718. The highest BCUT2D eigenvalue weighted by atomic mass is 16.5. The molecule has 5 N–H and O–H groups in total. The van der Waals surface area contributed by atoms with Crippen molar-refractivity contribution in [2.75, 3.05) is 17.2 Å². The lowest BCUT2D eigenvalue weighted by Crippen LogP contribution is -2.37. The van der Waals surface area contributed by atoms with Crippen molar-refractivity contribution >= 4 is 23.2 Å². The van der Waals surface area contributed by atoms with Crippen molar-refractivity contribution in [2.45, 2.75) is 19.1 Å². The van der Waals surface area contributed by atoms with Gasteiger partial charge in [-0.2, -0.15) is 4.98 Å². The van der Waals surface area contributed by atoms with Crippen LogP contribution in [-0.2, 0) is 17.8 Å². The summed E-state index contributed by atoms with van der Waals surface area (Å²) in [6.45, 7) is -0.115. The molecule has 1 amide bonds. The molecule has 0 aliphatic heterocycles. The molecule has 0 unspecified atom stereocenters. The maximum atomic E-state index is 12.6. The number of rotatable bonds is 9. The Hall–Kier alpha value is -3.93. The number of amides is 1. The summed E-state index contributed by atoms with van der Waals surface area (Å²) in [6.07, 6.45) is 7.13. The number of nitrogens with one attached hydrogen (secondary N) is 2. The van der Waals surface area contributed by atoms with Crippen molar-refractivity contribution in [3.05, 3.63) is 71.9 Å². The third kappa shape index (κ3) is 6.54. The minimum Gasteiger partial charge on any atom is -0.464 e. The van der Waals surface area contributed by atoms with Crippen molar-refractivity contribution in [3.63, 3.8) is 0 Å². The second-order valence-corrected chi connectivity index (χ2v) is 6.70. The van der Waals surface area contributed by atoms with Gasteiger partial charge in [0, 0.05) is 23.6 Å². The first kappa shape index (κ1) is 21.8. The molecule has 0 spiro atoms. The van der Waals surface area contributed by atoms with Gasteiger partial charge in [-0.1, -0.05) is 36.3 Å². The molecule has 1 atom stereocenters. The van der Waals surface area contributed by atoms with E-state index >= 15 is 0 Å². The van der Waals surface area contributed by atoms with Gasteiger partial charge in [0.15, 0.2) is 6.61 Å². The highest BCUT2D eigenvalue weighted by molar-refractivity contribution is 5.95. The molecule has 1 heterocycles. The number of hydrogen-bond donors (Lipinski definition) is 4. The van der Waals surface area contributed by atoms with E-state index in [-0.39, 0.29) is 25.1 Å². The Bertz CT molecular complexity index is 1070. The Balaban J connectivity index is 1.71. The topological polar surface area (TPSA) is 122 Å². The molecular formula is C23H23N5O3. The van der Waals surface area contributed by atoms with Gasteiger partial charge >= 0.3 is 0 Å². The number of carbonyl (C=O) groups is 1. The molecule has 0 saturated carbocycles. The molecule has 3 aromatic rings. The fourth-order valence-electron chi connectivity index (χ4n) is 2.85. The number of aromatic nitrogens is 2. The summed E-state index contributed by atoms with van der Waals surface area (Å²) in [4.78, 5) is 20.9. The van der Waals surface area contributed by atoms with Crippen LogP contribution in [0.15, 0.2) is 60.8 Å². The number of carbonyl (C=O) groups excluding carboxylic acids is 1. The largest absolute Gasteiger partial charge is 0.464 e. The molecule has 0 saturated heterocycles. The molecule has 0 bridgehead atoms. The zero-order chi connectivity index (χ0) is 22.1. The number of aliphatic hydroxyl groups is 1. The van der Waals surface area contributed by atoms with Gasteiger partial charge < -0.3 is 26.2 Å². The lowest BCUT2D eigenvalue weighted by atomic mass is 10.1. The molecule has 0 fully saturated rings. The average Bonchev–Trinajstić information content (AvgIpc) is 2.78. The summed E-state index contributed by atoms with van der Waals surface area (Å²) >= 11 is 0. The fourth-order valence-corrected chi connectivity index (χ4v) is 2.85. The van der Waals surface area contributed by atoms with E-state index in [9.17, 15) is 9.90 Å². The summed E-state index contributed by atoms with van der Waals surface area (Å²) < 4.78 is 5.29. The van der Waals surface area contributed by atoms with Crippen LogP contribution in [0.25, 0.3) is 0 Å². The Morgan fingerprint density at radius 1 is 1.16 bits per heavy atom. The molecule has 1 aromatic heterocycles. The molecule has 2 aromatic carbocycles. The van der Waals surface area contributed by atoms with Gasteiger partial charge in [0.05, 0.1) is 12.6 Å². The van der Waals surface area contributed by atoms with Crippen LogP contribution in [0.4, 0.5) is 17.3 Å². The third-order valence-electron chi connectivity index (χ3n) is 4.27. The van der Waals surface area contributed by atoms with Crippen LogP contribution in [0.1, 0.15) is 11.1 Å². The normalized spacial score (nSPS) is 11.3. The van der Waals surface area contributed by atoms with E-state index in [1.165, 1.54) is 6.20 Å². The highest BCUT2D eigenvalue weighted by Crippen LogP contribution is 2.22. The molecular weight excluding hydrogens is 394 g/mol. The van der Waals surface area contributed by atoms with Gasteiger partial charge in [-0.05, 0) is 35.7 Å². The number of benzene rings is 2. The molecule has 0 aliphatic carbocycles. The van der Waals surface area contributed by atoms with Gasteiger partial charge in [-0.3, -0.25) is 4.79 Å². The number of anilines is 3. The first-order chi connectivity index (χ1) is 15.1. The lowest BCUT2D eigenvalue weighted by molar-refractivity contribution is -0.117. The monoisotopic (exact) mass is 417 g/mol. The molecule has 3 rings (SSSR count). The number of nitrogens with zero attached hydrogens (tertiary/aromatic N) is 2. The fraction of sp³-hybridized carbons (Fsp3) is 0.174. The molecule has 31 heavy (non-hydrogen) atoms. The van der Waals surface area contributed by atoms with Crippen LogP contribution in [0.5, 0.6) is 5.88 Å². The molecule has 0 radical (unpaired) electrons. The average molecular weight is 417 g/mol. The predicted octanol–water partition coefficient (Wildman–Crippen LogP) is 2.23. The first-order valence-corrected chi connectivity index (χ1v) is 9.59. The second-order valence-electron chi connectivity index (χ2n) is 6.70. The van der Waals surface area contributed by atoms with Crippen LogP contribution in [0.3, 0.4) is 0 Å². The predicted molar refractivity (Wildman–Crippen MR) is 119 cm³/mol. The van der Waals surface area contributed by atoms with Crippen LogP contribution in [0.2, 0.25) is 0 Å². The standard InChI is InChI=1S/C23H23N5O3/c1-2-10-31-21-8-9-25-23(28-21)27-19-12-17(15-29)11-18(14-19)26-22(30)20(24)13-16-6-4-3-5-7-16/h1,3-9,11-12,14,20,29H,10,13,15,24H2,(H,26,30)(H,25,27,28)/t20-/m1/s1. The second kappa shape index (κ2) is 10.7. The van der Waals surface area contributed by atoms with E-state index in [2.05, 4.69) is 26.5 Å². The number of terminal acetylenes is 1. The smallest absolute Gasteiger partial charge is 0.241 e. The number of aliphatic hydroxyl groups excluding tert-OH is 1. The number of nitrogens with two attached hydrogens (primary N) is 1. The van der Waals surface area contributed by atoms with Gasteiger partial charge in [0.2, 0.25) is 17.7 Å². The van der Waals surface area contributed by atoms with Gasteiger partial charge in [0.25, 0.3) is 0 Å². The van der Waals surface area contributed by atoms with Crippen LogP contribution >= 0.6 is 0 Å².